The van der Waals surface area contributed by atoms with Gasteiger partial charge in [-0.3, -0.25) is 24.3 Å². The molecule has 168 valence electrons. The zero-order valence-corrected chi connectivity index (χ0v) is 18.2. The van der Waals surface area contributed by atoms with Crippen LogP contribution in [-0.4, -0.2) is 71.1 Å². The van der Waals surface area contributed by atoms with E-state index in [0.717, 1.165) is 44.6 Å². The number of fused-ring (bicyclic) bond motifs is 1. The van der Waals surface area contributed by atoms with Crippen LogP contribution in [0, 0.1) is 0 Å². The third kappa shape index (κ3) is 3.92. The molecule has 0 radical (unpaired) electrons. The number of β-amino-alcohol motifs (C(OH)–C–C–N with tert-alkyl or cyclic N) is 1. The van der Waals surface area contributed by atoms with Crippen molar-refractivity contribution in [1.82, 2.24) is 9.80 Å². The Hall–Kier alpha value is -2.74. The fourth-order valence-corrected chi connectivity index (χ4v) is 5.56. The monoisotopic (exact) mass is 434 g/mol. The Bertz CT molecular complexity index is 998. The molecule has 3 heterocycles. The SMILES string of the molecule is O=C1CN(C(=O)CN2CC[C@@]3(CCCN3Cc3ccccc3)[C@@H](O)C2)c2ccccc2N1. The summed E-state index contributed by atoms with van der Waals surface area (Å²) < 4.78 is 0. The molecule has 3 aliphatic heterocycles. The van der Waals surface area contributed by atoms with Crippen molar-refractivity contribution in [3.63, 3.8) is 0 Å². The molecule has 2 amide bonds. The minimum atomic E-state index is -0.507. The van der Waals surface area contributed by atoms with Crippen LogP contribution in [0.2, 0.25) is 0 Å². The summed E-state index contributed by atoms with van der Waals surface area (Å²) in [4.78, 5) is 31.2. The van der Waals surface area contributed by atoms with E-state index in [1.54, 1.807) is 4.90 Å². The van der Waals surface area contributed by atoms with Crippen molar-refractivity contribution >= 4 is 23.2 Å². The summed E-state index contributed by atoms with van der Waals surface area (Å²) in [7, 11) is 0. The number of nitrogens with zero attached hydrogens (tertiary/aromatic N) is 3. The number of anilines is 2. The molecule has 7 nitrogen and oxygen atoms in total. The predicted molar refractivity (Wildman–Crippen MR) is 123 cm³/mol. The average Bonchev–Trinajstić information content (AvgIpc) is 3.19. The van der Waals surface area contributed by atoms with Gasteiger partial charge in [-0.25, -0.2) is 0 Å². The van der Waals surface area contributed by atoms with Crippen molar-refractivity contribution in [2.75, 3.05) is 42.9 Å². The lowest BCUT2D eigenvalue weighted by Gasteiger charge is -2.48. The van der Waals surface area contributed by atoms with Crippen LogP contribution >= 0.6 is 0 Å². The minimum absolute atomic E-state index is 0.0288. The second-order valence-electron chi connectivity index (χ2n) is 9.16. The van der Waals surface area contributed by atoms with Gasteiger partial charge in [-0.2, -0.15) is 0 Å². The van der Waals surface area contributed by atoms with Crippen LogP contribution in [0.1, 0.15) is 24.8 Å². The predicted octanol–water partition coefficient (Wildman–Crippen LogP) is 2.07. The highest BCUT2D eigenvalue weighted by atomic mass is 16.3. The highest BCUT2D eigenvalue weighted by molar-refractivity contribution is 6.10. The van der Waals surface area contributed by atoms with Crippen LogP contribution < -0.4 is 10.2 Å². The van der Waals surface area contributed by atoms with Crippen molar-refractivity contribution in [1.29, 1.82) is 0 Å². The first-order valence-electron chi connectivity index (χ1n) is 11.4. The Morgan fingerprint density at radius 3 is 2.66 bits per heavy atom. The van der Waals surface area contributed by atoms with Gasteiger partial charge >= 0.3 is 0 Å². The molecule has 2 atom stereocenters. The van der Waals surface area contributed by atoms with E-state index in [4.69, 9.17) is 0 Å². The second kappa shape index (κ2) is 8.65. The highest BCUT2D eigenvalue weighted by Crippen LogP contribution is 2.39. The number of benzene rings is 2. The van der Waals surface area contributed by atoms with Gasteiger partial charge in [0.2, 0.25) is 11.8 Å². The third-order valence-corrected chi connectivity index (χ3v) is 7.23. The molecule has 0 saturated carbocycles. The topological polar surface area (TPSA) is 76.1 Å². The van der Waals surface area contributed by atoms with Gasteiger partial charge in [-0.1, -0.05) is 42.5 Å². The quantitative estimate of drug-likeness (QED) is 0.771. The normalized spacial score (nSPS) is 26.2. The van der Waals surface area contributed by atoms with Gasteiger partial charge in [-0.15, -0.1) is 0 Å². The molecule has 2 fully saturated rings. The first-order valence-corrected chi connectivity index (χ1v) is 11.4. The van der Waals surface area contributed by atoms with E-state index >= 15 is 0 Å². The third-order valence-electron chi connectivity index (χ3n) is 7.23. The summed E-state index contributed by atoms with van der Waals surface area (Å²) in [5.74, 6) is -0.291. The zero-order chi connectivity index (χ0) is 22.1. The number of likely N-dealkylation sites (tertiary alicyclic amines) is 2. The first-order chi connectivity index (χ1) is 15.5. The summed E-state index contributed by atoms with van der Waals surface area (Å²) in [6.45, 7) is 3.30. The number of carbonyl (C=O) groups excluding carboxylic acids is 2. The lowest BCUT2D eigenvalue weighted by molar-refractivity contribution is -0.124. The first kappa shape index (κ1) is 21.1. The van der Waals surface area contributed by atoms with Crippen LogP contribution in [0.15, 0.2) is 54.6 Å². The second-order valence-corrected chi connectivity index (χ2v) is 9.16. The Morgan fingerprint density at radius 2 is 1.84 bits per heavy atom. The fraction of sp³-hybridized carbons (Fsp3) is 0.440. The molecule has 2 aromatic rings. The summed E-state index contributed by atoms with van der Waals surface area (Å²) in [6.07, 6.45) is 2.41. The molecule has 0 aliphatic carbocycles. The number of piperidine rings is 1. The van der Waals surface area contributed by atoms with E-state index in [2.05, 4.69) is 34.5 Å². The smallest absolute Gasteiger partial charge is 0.244 e. The summed E-state index contributed by atoms with van der Waals surface area (Å²) in [5.41, 5.74) is 2.45. The number of rotatable bonds is 4. The van der Waals surface area contributed by atoms with Gasteiger partial charge < -0.3 is 10.4 Å². The summed E-state index contributed by atoms with van der Waals surface area (Å²) in [5, 5.41) is 14.1. The van der Waals surface area contributed by atoms with Gasteiger partial charge in [0.25, 0.3) is 0 Å². The van der Waals surface area contributed by atoms with E-state index in [1.807, 2.05) is 35.2 Å². The maximum atomic E-state index is 13.1. The molecule has 0 bridgehead atoms. The Labute approximate surface area is 188 Å². The molecular formula is C25H30N4O3. The Morgan fingerprint density at radius 1 is 1.06 bits per heavy atom. The number of aliphatic hydroxyl groups excluding tert-OH is 1. The lowest BCUT2D eigenvalue weighted by Crippen LogP contribution is -2.62. The Balaban J connectivity index is 1.25. The molecule has 2 N–H and O–H groups in total. The van der Waals surface area contributed by atoms with Gasteiger partial charge in [0.1, 0.15) is 6.54 Å². The van der Waals surface area contributed by atoms with Crippen molar-refractivity contribution < 1.29 is 14.7 Å². The number of amides is 2. The van der Waals surface area contributed by atoms with Crippen molar-refractivity contribution in [3.05, 3.63) is 60.2 Å². The largest absolute Gasteiger partial charge is 0.390 e. The molecule has 32 heavy (non-hydrogen) atoms. The molecule has 5 rings (SSSR count). The molecule has 0 aromatic heterocycles. The fourth-order valence-electron chi connectivity index (χ4n) is 5.56. The number of carbonyl (C=O) groups is 2. The summed E-state index contributed by atoms with van der Waals surface area (Å²) in [6, 6.07) is 17.8. The van der Waals surface area contributed by atoms with E-state index < -0.39 is 6.10 Å². The van der Waals surface area contributed by atoms with Crippen LogP contribution in [0.3, 0.4) is 0 Å². The van der Waals surface area contributed by atoms with Gasteiger partial charge in [0.15, 0.2) is 0 Å². The van der Waals surface area contributed by atoms with Crippen LogP contribution in [-0.2, 0) is 16.1 Å². The lowest BCUT2D eigenvalue weighted by atomic mass is 9.82. The number of hydrogen-bond donors (Lipinski definition) is 2. The number of aliphatic hydroxyl groups is 1. The molecule has 1 spiro atoms. The zero-order valence-electron chi connectivity index (χ0n) is 18.2. The van der Waals surface area contributed by atoms with Crippen LogP contribution in [0.5, 0.6) is 0 Å². The molecule has 0 unspecified atom stereocenters. The Kier molecular flexibility index (Phi) is 5.71. The van der Waals surface area contributed by atoms with E-state index in [1.165, 1.54) is 5.56 Å². The molecule has 3 aliphatic rings. The molecule has 7 heteroatoms. The molecule has 2 saturated heterocycles. The van der Waals surface area contributed by atoms with E-state index in [-0.39, 0.29) is 30.4 Å². The maximum absolute atomic E-state index is 13.1. The number of hydrogen-bond acceptors (Lipinski definition) is 5. The standard InChI is InChI=1S/C25H30N4O3/c30-22-16-27(18-24(32)29-17-23(31)26-20-9-4-5-10-21(20)29)14-12-25(22)11-6-13-28(25)15-19-7-2-1-3-8-19/h1-5,7-10,22,30H,6,11-18H2,(H,26,31)/t22-,25-/m0/s1. The van der Waals surface area contributed by atoms with Gasteiger partial charge in [0, 0.05) is 25.2 Å². The molecule has 2 aromatic carbocycles. The summed E-state index contributed by atoms with van der Waals surface area (Å²) >= 11 is 0. The van der Waals surface area contributed by atoms with Crippen molar-refractivity contribution in [3.8, 4) is 0 Å². The van der Waals surface area contributed by atoms with Crippen LogP contribution in [0.25, 0.3) is 0 Å². The van der Waals surface area contributed by atoms with E-state index in [0.29, 0.717) is 12.2 Å². The molecular weight excluding hydrogens is 404 g/mol. The van der Waals surface area contributed by atoms with Crippen LogP contribution in [0.4, 0.5) is 11.4 Å². The average molecular weight is 435 g/mol. The maximum Gasteiger partial charge on any atom is 0.244 e. The van der Waals surface area contributed by atoms with Gasteiger partial charge in [0.05, 0.1) is 24.0 Å². The van der Waals surface area contributed by atoms with Crippen molar-refractivity contribution in [2.45, 2.75) is 37.5 Å². The number of para-hydroxylation sites is 2. The number of nitrogens with one attached hydrogen (secondary N) is 1. The van der Waals surface area contributed by atoms with Gasteiger partial charge in [-0.05, 0) is 43.5 Å². The minimum Gasteiger partial charge on any atom is -0.390 e. The van der Waals surface area contributed by atoms with E-state index in [9.17, 15) is 14.7 Å². The highest BCUT2D eigenvalue weighted by Gasteiger charge is 2.49. The van der Waals surface area contributed by atoms with Crippen molar-refractivity contribution in [2.24, 2.45) is 0 Å².